The highest BCUT2D eigenvalue weighted by Gasteiger charge is 2.25. The molecule has 0 aromatic rings. The maximum Gasteiger partial charge on any atom is 0.158 e. The third-order valence-electron chi connectivity index (χ3n) is 7.25. The number of nitrogens with zero attached hydrogens (tertiary/aromatic N) is 1. The van der Waals surface area contributed by atoms with E-state index in [4.69, 9.17) is 14.2 Å². The highest BCUT2D eigenvalue weighted by molar-refractivity contribution is 8.02. The van der Waals surface area contributed by atoms with Gasteiger partial charge in [-0.3, -0.25) is 0 Å². The fraction of sp³-hybridized carbons (Fsp3) is 0.933. The standard InChI is InChI=1S/C30H57NO3S/c1-2-3-4-5-6-7-8-9-10-11-12-15-18-21-30-33-27-29(34-30)26-32-24-20-17-14-13-16-19-22-31-23-25-35-28-31/h23,25,29-30H,2-22,24,26-28H2,1H3. The first-order valence-corrected chi connectivity index (χ1v) is 16.3. The summed E-state index contributed by atoms with van der Waals surface area (Å²) in [5, 5.41) is 2.20. The molecule has 0 aliphatic carbocycles. The summed E-state index contributed by atoms with van der Waals surface area (Å²) in [5.74, 6) is 1.15. The molecule has 206 valence electrons. The summed E-state index contributed by atoms with van der Waals surface area (Å²) in [4.78, 5) is 2.41. The maximum absolute atomic E-state index is 6.03. The van der Waals surface area contributed by atoms with E-state index in [-0.39, 0.29) is 12.4 Å². The van der Waals surface area contributed by atoms with Crippen LogP contribution in [0, 0.1) is 0 Å². The van der Waals surface area contributed by atoms with Gasteiger partial charge in [-0.1, -0.05) is 110 Å². The first kappa shape index (κ1) is 31.0. The quantitative estimate of drug-likeness (QED) is 0.114. The second kappa shape index (κ2) is 22.9. The van der Waals surface area contributed by atoms with E-state index in [0.29, 0.717) is 13.2 Å². The predicted octanol–water partition coefficient (Wildman–Crippen LogP) is 9.04. The third-order valence-corrected chi connectivity index (χ3v) is 8.05. The molecule has 0 aromatic carbocycles. The summed E-state index contributed by atoms with van der Waals surface area (Å²) in [6.07, 6.45) is 29.4. The van der Waals surface area contributed by atoms with Crippen LogP contribution in [0.2, 0.25) is 0 Å². The maximum atomic E-state index is 6.03. The molecular formula is C30H57NO3S. The minimum absolute atomic E-state index is 0.00551. The molecule has 0 N–H and O–H groups in total. The third kappa shape index (κ3) is 17.8. The van der Waals surface area contributed by atoms with Crippen LogP contribution >= 0.6 is 11.8 Å². The topological polar surface area (TPSA) is 30.9 Å². The minimum Gasteiger partial charge on any atom is -0.379 e. The Morgan fingerprint density at radius 2 is 1.37 bits per heavy atom. The molecule has 35 heavy (non-hydrogen) atoms. The molecule has 2 aliphatic heterocycles. The van der Waals surface area contributed by atoms with Crippen molar-refractivity contribution in [2.75, 3.05) is 32.2 Å². The molecule has 5 heteroatoms. The van der Waals surface area contributed by atoms with Crippen LogP contribution in [0.3, 0.4) is 0 Å². The van der Waals surface area contributed by atoms with Crippen molar-refractivity contribution in [1.82, 2.24) is 4.90 Å². The van der Waals surface area contributed by atoms with Crippen molar-refractivity contribution in [3.05, 3.63) is 11.6 Å². The Morgan fingerprint density at radius 3 is 2.00 bits per heavy atom. The van der Waals surface area contributed by atoms with E-state index in [2.05, 4.69) is 23.4 Å². The van der Waals surface area contributed by atoms with E-state index >= 15 is 0 Å². The Bertz CT molecular complexity index is 490. The van der Waals surface area contributed by atoms with Crippen molar-refractivity contribution in [2.45, 2.75) is 148 Å². The fourth-order valence-corrected chi connectivity index (χ4v) is 5.72. The summed E-state index contributed by atoms with van der Waals surface area (Å²) in [5.41, 5.74) is 0. The molecule has 1 fully saturated rings. The lowest BCUT2D eigenvalue weighted by Crippen LogP contribution is -2.19. The zero-order valence-electron chi connectivity index (χ0n) is 23.1. The highest BCUT2D eigenvalue weighted by atomic mass is 32.2. The van der Waals surface area contributed by atoms with E-state index in [1.54, 1.807) is 0 Å². The normalized spacial score (nSPS) is 19.9. The minimum atomic E-state index is 0.00551. The Balaban J connectivity index is 1.25. The van der Waals surface area contributed by atoms with Gasteiger partial charge in [0.05, 0.1) is 19.1 Å². The van der Waals surface area contributed by atoms with Gasteiger partial charge in [0.15, 0.2) is 6.29 Å². The zero-order valence-corrected chi connectivity index (χ0v) is 23.9. The lowest BCUT2D eigenvalue weighted by atomic mass is 10.0. The van der Waals surface area contributed by atoms with Crippen LogP contribution in [-0.4, -0.2) is 49.5 Å². The summed E-state index contributed by atoms with van der Waals surface area (Å²) in [6, 6.07) is 0. The zero-order chi connectivity index (χ0) is 24.7. The van der Waals surface area contributed by atoms with E-state index in [9.17, 15) is 0 Å². The van der Waals surface area contributed by atoms with Crippen molar-refractivity contribution in [3.63, 3.8) is 0 Å². The second-order valence-corrected chi connectivity index (χ2v) is 11.5. The molecule has 4 nitrogen and oxygen atoms in total. The van der Waals surface area contributed by atoms with Gasteiger partial charge in [-0.15, -0.1) is 11.8 Å². The van der Waals surface area contributed by atoms with Crippen LogP contribution in [0.1, 0.15) is 135 Å². The van der Waals surface area contributed by atoms with Gasteiger partial charge >= 0.3 is 0 Å². The molecule has 0 spiro atoms. The Labute approximate surface area is 222 Å². The van der Waals surface area contributed by atoms with Gasteiger partial charge in [0.2, 0.25) is 0 Å². The SMILES string of the molecule is CCCCCCCCCCCCCCCC1OCC(COCCCCCCCCN2C=CSC2)O1. The molecule has 0 radical (unpaired) electrons. The van der Waals surface area contributed by atoms with Crippen LogP contribution in [-0.2, 0) is 14.2 Å². The number of unbranched alkanes of at least 4 members (excludes halogenated alkanes) is 17. The second-order valence-electron chi connectivity index (χ2n) is 10.6. The summed E-state index contributed by atoms with van der Waals surface area (Å²) in [7, 11) is 0. The van der Waals surface area contributed by atoms with Crippen molar-refractivity contribution < 1.29 is 14.2 Å². The molecule has 2 aliphatic rings. The average Bonchev–Trinajstić information content (AvgIpc) is 3.55. The monoisotopic (exact) mass is 511 g/mol. The molecule has 0 aromatic heterocycles. The largest absolute Gasteiger partial charge is 0.379 e. The van der Waals surface area contributed by atoms with E-state index in [1.807, 2.05) is 11.8 Å². The van der Waals surface area contributed by atoms with E-state index < -0.39 is 0 Å². The van der Waals surface area contributed by atoms with Gasteiger partial charge < -0.3 is 19.1 Å². The lowest BCUT2D eigenvalue weighted by Gasteiger charge is -2.13. The van der Waals surface area contributed by atoms with Crippen molar-refractivity contribution in [1.29, 1.82) is 0 Å². The first-order valence-electron chi connectivity index (χ1n) is 15.3. The van der Waals surface area contributed by atoms with Crippen molar-refractivity contribution in [3.8, 4) is 0 Å². The lowest BCUT2D eigenvalue weighted by molar-refractivity contribution is -0.0761. The number of ether oxygens (including phenoxy) is 3. The molecule has 0 amide bonds. The number of hydrogen-bond acceptors (Lipinski definition) is 5. The van der Waals surface area contributed by atoms with Crippen molar-refractivity contribution in [2.24, 2.45) is 0 Å². The van der Waals surface area contributed by atoms with Gasteiger partial charge in [-0.2, -0.15) is 0 Å². The molecule has 0 bridgehead atoms. The molecular weight excluding hydrogens is 454 g/mol. The molecule has 1 saturated heterocycles. The van der Waals surface area contributed by atoms with Crippen LogP contribution in [0.25, 0.3) is 0 Å². The van der Waals surface area contributed by atoms with E-state index in [0.717, 1.165) is 18.9 Å². The van der Waals surface area contributed by atoms with Crippen LogP contribution < -0.4 is 0 Å². The average molecular weight is 512 g/mol. The van der Waals surface area contributed by atoms with Crippen LogP contribution in [0.5, 0.6) is 0 Å². The van der Waals surface area contributed by atoms with Gasteiger partial charge in [0.25, 0.3) is 0 Å². The van der Waals surface area contributed by atoms with Gasteiger partial charge in [-0.05, 0) is 31.1 Å². The Hall–Kier alpha value is -0.230. The van der Waals surface area contributed by atoms with Crippen LogP contribution in [0.4, 0.5) is 0 Å². The number of hydrogen-bond donors (Lipinski definition) is 0. The van der Waals surface area contributed by atoms with Crippen LogP contribution in [0.15, 0.2) is 11.6 Å². The van der Waals surface area contributed by atoms with E-state index in [1.165, 1.54) is 129 Å². The predicted molar refractivity (Wildman–Crippen MR) is 152 cm³/mol. The molecule has 2 unspecified atom stereocenters. The summed E-state index contributed by atoms with van der Waals surface area (Å²) < 4.78 is 17.7. The Morgan fingerprint density at radius 1 is 0.771 bits per heavy atom. The first-order chi connectivity index (χ1) is 17.4. The molecule has 0 saturated carbocycles. The molecule has 2 atom stereocenters. The smallest absolute Gasteiger partial charge is 0.158 e. The van der Waals surface area contributed by atoms with Crippen molar-refractivity contribution >= 4 is 11.8 Å². The van der Waals surface area contributed by atoms with Gasteiger partial charge in [-0.25, -0.2) is 0 Å². The number of thioether (sulfide) groups is 1. The Kier molecular flexibility index (Phi) is 20.3. The fourth-order valence-electron chi connectivity index (χ4n) is 4.97. The molecule has 2 rings (SSSR count). The number of rotatable bonds is 25. The summed E-state index contributed by atoms with van der Waals surface area (Å²) >= 11 is 1.90. The van der Waals surface area contributed by atoms with Gasteiger partial charge in [0, 0.05) is 19.4 Å². The van der Waals surface area contributed by atoms with Gasteiger partial charge in [0.1, 0.15) is 6.10 Å². The molecule has 2 heterocycles. The summed E-state index contributed by atoms with van der Waals surface area (Å²) in [6.45, 7) is 5.76. The highest BCUT2D eigenvalue weighted by Crippen LogP contribution is 2.19.